The van der Waals surface area contributed by atoms with Crippen molar-refractivity contribution in [2.75, 3.05) is 26.2 Å². The molecule has 0 atom stereocenters. The van der Waals surface area contributed by atoms with Gasteiger partial charge in [-0.15, -0.1) is 0 Å². The van der Waals surface area contributed by atoms with Gasteiger partial charge in [-0.2, -0.15) is 5.26 Å². The monoisotopic (exact) mass is 460 g/mol. The fourth-order valence-corrected chi connectivity index (χ4v) is 4.65. The maximum atomic E-state index is 11.4. The van der Waals surface area contributed by atoms with Crippen LogP contribution in [0, 0.1) is 11.3 Å². The van der Waals surface area contributed by atoms with Crippen molar-refractivity contribution in [2.45, 2.75) is 31.3 Å². The number of fused-ring (bicyclic) bond motifs is 1. The molecule has 0 aliphatic carbocycles. The van der Waals surface area contributed by atoms with E-state index in [2.05, 4.69) is 4.90 Å². The number of hydrogen-bond donors (Lipinski definition) is 1. The minimum atomic E-state index is -1.15. The van der Waals surface area contributed by atoms with Crippen LogP contribution in [0.15, 0.2) is 30.3 Å². The molecule has 0 radical (unpaired) electrons. The molecule has 0 saturated carbocycles. The first-order valence-electron chi connectivity index (χ1n) is 10.2. The van der Waals surface area contributed by atoms with Crippen LogP contribution in [0.5, 0.6) is 11.5 Å². The van der Waals surface area contributed by atoms with Crippen LogP contribution >= 0.6 is 23.2 Å². The molecule has 1 saturated heterocycles. The second-order valence-corrected chi connectivity index (χ2v) is 8.85. The molecule has 0 bridgehead atoms. The fraction of sp³-hybridized carbons (Fsp3) is 0.391. The zero-order chi connectivity index (χ0) is 22.0. The number of likely N-dealkylation sites (tertiary alicyclic amines) is 1. The predicted octanol–water partition coefficient (Wildman–Crippen LogP) is 4.80. The van der Waals surface area contributed by atoms with Gasteiger partial charge in [-0.05, 0) is 36.2 Å². The summed E-state index contributed by atoms with van der Waals surface area (Å²) in [6, 6.07) is 10.3. The van der Waals surface area contributed by atoms with Gasteiger partial charge in [0.2, 0.25) is 0 Å². The molecule has 2 aliphatic rings. The highest BCUT2D eigenvalue weighted by Gasteiger charge is 2.41. The number of carboxylic acids is 1. The number of nitriles is 1. The maximum absolute atomic E-state index is 11.4. The van der Waals surface area contributed by atoms with Gasteiger partial charge in [0.15, 0.2) is 0 Å². The second-order valence-electron chi connectivity index (χ2n) is 8.00. The Balaban J connectivity index is 1.26. The Kier molecular flexibility index (Phi) is 6.29. The molecule has 4 rings (SSSR count). The van der Waals surface area contributed by atoms with Crippen molar-refractivity contribution in [3.8, 4) is 17.6 Å². The standard InChI is InChI=1S/C23H22Cl2N2O4/c24-17-2-3-20-15(10-17)13-23(31-20)4-7-27(8-5-23)6-1-9-30-21-12-19(25)16(14-26)11-18(21)22(28)29/h2-3,10-12H,1,4-9,13H2,(H,28,29). The minimum absolute atomic E-state index is 0.0566. The van der Waals surface area contributed by atoms with Crippen LogP contribution in [0.1, 0.15) is 40.7 Å². The Morgan fingerprint density at radius 1 is 1.26 bits per heavy atom. The van der Waals surface area contributed by atoms with E-state index >= 15 is 0 Å². The molecule has 1 N–H and O–H groups in total. The predicted molar refractivity (Wildman–Crippen MR) is 117 cm³/mol. The van der Waals surface area contributed by atoms with Crippen molar-refractivity contribution in [2.24, 2.45) is 0 Å². The van der Waals surface area contributed by atoms with Gasteiger partial charge in [-0.3, -0.25) is 0 Å². The van der Waals surface area contributed by atoms with Crippen LogP contribution in [0.4, 0.5) is 0 Å². The van der Waals surface area contributed by atoms with E-state index in [4.69, 9.17) is 37.9 Å². The van der Waals surface area contributed by atoms with Gasteiger partial charge in [-0.1, -0.05) is 23.2 Å². The van der Waals surface area contributed by atoms with E-state index in [9.17, 15) is 9.90 Å². The number of carbonyl (C=O) groups is 1. The number of rotatable bonds is 6. The van der Waals surface area contributed by atoms with Crippen LogP contribution in [0.3, 0.4) is 0 Å². The van der Waals surface area contributed by atoms with Crippen molar-refractivity contribution < 1.29 is 19.4 Å². The van der Waals surface area contributed by atoms with Crippen molar-refractivity contribution in [1.82, 2.24) is 4.90 Å². The Bertz CT molecular complexity index is 1040. The quantitative estimate of drug-likeness (QED) is 0.623. The van der Waals surface area contributed by atoms with E-state index < -0.39 is 5.97 Å². The first kappa shape index (κ1) is 21.8. The lowest BCUT2D eigenvalue weighted by Gasteiger charge is -2.38. The Morgan fingerprint density at radius 2 is 2.03 bits per heavy atom. The summed E-state index contributed by atoms with van der Waals surface area (Å²) in [6.45, 7) is 3.08. The molecule has 2 aromatic carbocycles. The van der Waals surface area contributed by atoms with Crippen LogP contribution in [0.25, 0.3) is 0 Å². The van der Waals surface area contributed by atoms with Crippen molar-refractivity contribution >= 4 is 29.2 Å². The summed E-state index contributed by atoms with van der Waals surface area (Å²) >= 11 is 12.1. The fourth-order valence-electron chi connectivity index (χ4n) is 4.26. The summed E-state index contributed by atoms with van der Waals surface area (Å²) in [5.41, 5.74) is 1.12. The number of aromatic carboxylic acids is 1. The number of ether oxygens (including phenoxy) is 2. The van der Waals surface area contributed by atoms with Crippen molar-refractivity contribution in [3.05, 3.63) is 57.1 Å². The lowest BCUT2D eigenvalue weighted by atomic mass is 9.87. The molecular formula is C23H22Cl2N2O4. The van der Waals surface area contributed by atoms with Crippen molar-refractivity contribution in [3.63, 3.8) is 0 Å². The molecule has 2 aliphatic heterocycles. The number of nitrogens with zero attached hydrogens (tertiary/aromatic N) is 2. The highest BCUT2D eigenvalue weighted by Crippen LogP contribution is 2.42. The summed E-state index contributed by atoms with van der Waals surface area (Å²) in [4.78, 5) is 13.8. The lowest BCUT2D eigenvalue weighted by Crippen LogP contribution is -2.47. The molecule has 8 heteroatoms. The zero-order valence-electron chi connectivity index (χ0n) is 16.9. The lowest BCUT2D eigenvalue weighted by molar-refractivity contribution is 0.0183. The van der Waals surface area contributed by atoms with Gasteiger partial charge in [0.05, 0.1) is 17.2 Å². The van der Waals surface area contributed by atoms with Crippen LogP contribution in [-0.2, 0) is 6.42 Å². The molecule has 2 aromatic rings. The number of hydrogen-bond acceptors (Lipinski definition) is 5. The van der Waals surface area contributed by atoms with E-state index in [1.165, 1.54) is 17.7 Å². The summed E-state index contributed by atoms with van der Waals surface area (Å²) in [6.07, 6.45) is 3.56. The minimum Gasteiger partial charge on any atom is -0.493 e. The van der Waals surface area contributed by atoms with Gasteiger partial charge < -0.3 is 19.5 Å². The number of benzene rings is 2. The normalized spacial score (nSPS) is 17.1. The SMILES string of the molecule is N#Cc1cc(C(=O)O)c(OCCCN2CCC3(CC2)Cc2cc(Cl)ccc2O3)cc1Cl. The topological polar surface area (TPSA) is 82.8 Å². The largest absolute Gasteiger partial charge is 0.493 e. The van der Waals surface area contributed by atoms with Gasteiger partial charge in [0, 0.05) is 50.0 Å². The molecule has 162 valence electrons. The second kappa shape index (κ2) is 8.96. The Morgan fingerprint density at radius 3 is 2.74 bits per heavy atom. The average Bonchev–Trinajstić information content (AvgIpc) is 3.09. The van der Waals surface area contributed by atoms with E-state index in [-0.39, 0.29) is 27.5 Å². The van der Waals surface area contributed by atoms with E-state index in [0.717, 1.165) is 56.1 Å². The number of carboxylic acid groups (broad SMARTS) is 1. The molecule has 0 amide bonds. The zero-order valence-corrected chi connectivity index (χ0v) is 18.4. The first-order chi connectivity index (χ1) is 14.9. The summed E-state index contributed by atoms with van der Waals surface area (Å²) in [5, 5.41) is 19.3. The third-order valence-corrected chi connectivity index (χ3v) is 6.47. The van der Waals surface area contributed by atoms with Crippen LogP contribution in [-0.4, -0.2) is 47.8 Å². The Labute approximate surface area is 190 Å². The van der Waals surface area contributed by atoms with Crippen LogP contribution in [0.2, 0.25) is 10.0 Å². The highest BCUT2D eigenvalue weighted by molar-refractivity contribution is 6.32. The van der Waals surface area contributed by atoms with Gasteiger partial charge >= 0.3 is 5.97 Å². The summed E-state index contributed by atoms with van der Waals surface area (Å²) in [7, 11) is 0. The third kappa shape index (κ3) is 4.74. The molecule has 6 nitrogen and oxygen atoms in total. The van der Waals surface area contributed by atoms with Gasteiger partial charge in [0.1, 0.15) is 28.7 Å². The molecule has 31 heavy (non-hydrogen) atoms. The molecule has 0 aromatic heterocycles. The van der Waals surface area contributed by atoms with E-state index in [1.54, 1.807) is 0 Å². The number of piperidine rings is 1. The average molecular weight is 461 g/mol. The van der Waals surface area contributed by atoms with Gasteiger partial charge in [0.25, 0.3) is 0 Å². The maximum Gasteiger partial charge on any atom is 0.339 e. The molecule has 0 unspecified atom stereocenters. The molecular weight excluding hydrogens is 439 g/mol. The van der Waals surface area contributed by atoms with Gasteiger partial charge in [-0.25, -0.2) is 4.79 Å². The molecule has 2 heterocycles. The molecule has 1 spiro atoms. The van der Waals surface area contributed by atoms with Crippen LogP contribution < -0.4 is 9.47 Å². The summed E-state index contributed by atoms with van der Waals surface area (Å²) < 4.78 is 12.0. The van der Waals surface area contributed by atoms with E-state index in [0.29, 0.717) is 6.61 Å². The smallest absolute Gasteiger partial charge is 0.339 e. The highest BCUT2D eigenvalue weighted by atomic mass is 35.5. The first-order valence-corrected chi connectivity index (χ1v) is 10.9. The molecule has 1 fully saturated rings. The Hall–Kier alpha value is -2.46. The van der Waals surface area contributed by atoms with E-state index in [1.807, 2.05) is 24.3 Å². The van der Waals surface area contributed by atoms with Crippen molar-refractivity contribution in [1.29, 1.82) is 5.26 Å². The summed E-state index contributed by atoms with van der Waals surface area (Å²) in [5.74, 6) is -0.0187. The number of halogens is 2. The third-order valence-electron chi connectivity index (χ3n) is 5.93.